The summed E-state index contributed by atoms with van der Waals surface area (Å²) >= 11 is 5.20. The number of hydrogen-bond acceptors (Lipinski definition) is 6. The van der Waals surface area contributed by atoms with Gasteiger partial charge in [-0.2, -0.15) is 0 Å². The summed E-state index contributed by atoms with van der Waals surface area (Å²) in [5.74, 6) is 1.75. The third-order valence-corrected chi connectivity index (χ3v) is 5.56. The number of halogens is 1. The normalized spacial score (nSPS) is 19.1. The van der Waals surface area contributed by atoms with Gasteiger partial charge in [-0.15, -0.1) is 10.2 Å². The number of aromatic nitrogens is 3. The van der Waals surface area contributed by atoms with Crippen molar-refractivity contribution in [2.75, 3.05) is 36.0 Å². The summed E-state index contributed by atoms with van der Waals surface area (Å²) in [4.78, 5) is 9.14. The highest BCUT2D eigenvalue weighted by Crippen LogP contribution is 2.42. The Labute approximate surface area is 136 Å². The molecule has 0 amide bonds. The minimum absolute atomic E-state index is 0.699. The zero-order chi connectivity index (χ0) is 14.2. The first-order chi connectivity index (χ1) is 10.3. The molecule has 0 radical (unpaired) electrons. The number of piperazine rings is 1. The zero-order valence-electron chi connectivity index (χ0n) is 11.6. The SMILES string of the molecule is Brc1ccc(N2CCN(c3nnc(C4CC4)s3)CC2)nc1. The molecule has 1 aliphatic heterocycles. The van der Waals surface area contributed by atoms with E-state index in [9.17, 15) is 0 Å². The third-order valence-electron chi connectivity index (χ3n) is 3.94. The van der Waals surface area contributed by atoms with Gasteiger partial charge in [0, 0.05) is 42.8 Å². The molecule has 3 heterocycles. The molecule has 0 aromatic carbocycles. The summed E-state index contributed by atoms with van der Waals surface area (Å²) < 4.78 is 1.02. The Morgan fingerprint density at radius 3 is 2.48 bits per heavy atom. The molecule has 5 nitrogen and oxygen atoms in total. The molecule has 110 valence electrons. The largest absolute Gasteiger partial charge is 0.353 e. The summed E-state index contributed by atoms with van der Waals surface area (Å²) in [5.41, 5.74) is 0. The Morgan fingerprint density at radius 2 is 1.81 bits per heavy atom. The number of hydrogen-bond donors (Lipinski definition) is 0. The van der Waals surface area contributed by atoms with Crippen LogP contribution in [0.1, 0.15) is 23.8 Å². The van der Waals surface area contributed by atoms with Gasteiger partial charge in [-0.25, -0.2) is 4.98 Å². The smallest absolute Gasteiger partial charge is 0.208 e. The van der Waals surface area contributed by atoms with Crippen LogP contribution < -0.4 is 9.80 Å². The highest BCUT2D eigenvalue weighted by molar-refractivity contribution is 9.10. The summed E-state index contributed by atoms with van der Waals surface area (Å²) in [6.07, 6.45) is 4.43. The van der Waals surface area contributed by atoms with E-state index in [2.05, 4.69) is 47.0 Å². The summed E-state index contributed by atoms with van der Waals surface area (Å²) in [7, 11) is 0. The molecular formula is C14H16BrN5S. The molecule has 0 atom stereocenters. The summed E-state index contributed by atoms with van der Waals surface area (Å²) in [6, 6.07) is 4.11. The molecule has 0 spiro atoms. The van der Waals surface area contributed by atoms with Crippen LogP contribution in [0.5, 0.6) is 0 Å². The first-order valence-electron chi connectivity index (χ1n) is 7.24. The van der Waals surface area contributed by atoms with Gasteiger partial charge in [0.05, 0.1) is 0 Å². The molecule has 1 saturated carbocycles. The van der Waals surface area contributed by atoms with E-state index in [1.165, 1.54) is 17.8 Å². The van der Waals surface area contributed by atoms with E-state index in [4.69, 9.17) is 0 Å². The summed E-state index contributed by atoms with van der Waals surface area (Å²) in [6.45, 7) is 3.92. The van der Waals surface area contributed by atoms with Crippen molar-refractivity contribution in [1.82, 2.24) is 15.2 Å². The predicted molar refractivity (Wildman–Crippen MR) is 88.2 cm³/mol. The van der Waals surface area contributed by atoms with Crippen LogP contribution in [0.3, 0.4) is 0 Å². The lowest BCUT2D eigenvalue weighted by molar-refractivity contribution is 0.643. The Hall–Kier alpha value is -1.21. The molecule has 21 heavy (non-hydrogen) atoms. The van der Waals surface area contributed by atoms with E-state index in [0.717, 1.165) is 41.6 Å². The van der Waals surface area contributed by atoms with Crippen molar-refractivity contribution in [2.45, 2.75) is 18.8 Å². The van der Waals surface area contributed by atoms with Gasteiger partial charge in [0.25, 0.3) is 0 Å². The fourth-order valence-electron chi connectivity index (χ4n) is 2.53. The molecule has 1 saturated heterocycles. The molecule has 1 aliphatic carbocycles. The van der Waals surface area contributed by atoms with Crippen molar-refractivity contribution in [3.05, 3.63) is 27.8 Å². The van der Waals surface area contributed by atoms with Crippen LogP contribution in [-0.4, -0.2) is 41.4 Å². The Kier molecular flexibility index (Phi) is 3.54. The highest BCUT2D eigenvalue weighted by Gasteiger charge is 2.29. The van der Waals surface area contributed by atoms with Crippen LogP contribution in [0.15, 0.2) is 22.8 Å². The molecule has 4 rings (SSSR count). The molecule has 0 unspecified atom stereocenters. The fraction of sp³-hybridized carbons (Fsp3) is 0.500. The second kappa shape index (κ2) is 5.53. The molecule has 7 heteroatoms. The second-order valence-electron chi connectivity index (χ2n) is 5.51. The Balaban J connectivity index is 1.40. The van der Waals surface area contributed by atoms with Gasteiger partial charge in [-0.1, -0.05) is 11.3 Å². The van der Waals surface area contributed by atoms with Gasteiger partial charge in [0.15, 0.2) is 0 Å². The maximum absolute atomic E-state index is 4.47. The van der Waals surface area contributed by atoms with Crippen LogP contribution in [0, 0.1) is 0 Å². The Bertz CT molecular complexity index is 617. The van der Waals surface area contributed by atoms with Gasteiger partial charge in [-0.3, -0.25) is 0 Å². The average molecular weight is 366 g/mol. The minimum Gasteiger partial charge on any atom is -0.353 e. The molecule has 2 fully saturated rings. The van der Waals surface area contributed by atoms with Crippen LogP contribution in [0.4, 0.5) is 10.9 Å². The third kappa shape index (κ3) is 2.89. The predicted octanol–water partition coefficient (Wildman–Crippen LogP) is 2.90. The standard InChI is InChI=1S/C14H16BrN5S/c15-11-3-4-12(16-9-11)19-5-7-20(8-6-19)14-18-17-13(21-14)10-1-2-10/h3-4,9-10H,1-2,5-8H2. The first kappa shape index (κ1) is 13.5. The van der Waals surface area contributed by atoms with Crippen LogP contribution in [0.2, 0.25) is 0 Å². The number of anilines is 2. The maximum atomic E-state index is 4.47. The van der Waals surface area contributed by atoms with Crippen LogP contribution in [-0.2, 0) is 0 Å². The van der Waals surface area contributed by atoms with Crippen molar-refractivity contribution < 1.29 is 0 Å². The number of pyridine rings is 1. The van der Waals surface area contributed by atoms with Crippen molar-refractivity contribution in [3.63, 3.8) is 0 Å². The van der Waals surface area contributed by atoms with Gasteiger partial charge in [0.1, 0.15) is 10.8 Å². The van der Waals surface area contributed by atoms with Crippen molar-refractivity contribution in [3.8, 4) is 0 Å². The van der Waals surface area contributed by atoms with E-state index < -0.39 is 0 Å². The highest BCUT2D eigenvalue weighted by atomic mass is 79.9. The van der Waals surface area contributed by atoms with E-state index in [0.29, 0.717) is 5.92 Å². The quantitative estimate of drug-likeness (QED) is 0.836. The molecule has 2 aromatic heterocycles. The lowest BCUT2D eigenvalue weighted by atomic mass is 10.3. The maximum Gasteiger partial charge on any atom is 0.208 e. The zero-order valence-corrected chi connectivity index (χ0v) is 14.0. The number of nitrogens with zero attached hydrogens (tertiary/aromatic N) is 5. The van der Waals surface area contributed by atoms with E-state index in [1.807, 2.05) is 12.3 Å². The van der Waals surface area contributed by atoms with E-state index >= 15 is 0 Å². The Morgan fingerprint density at radius 1 is 1.05 bits per heavy atom. The fourth-order valence-corrected chi connectivity index (χ4v) is 3.83. The van der Waals surface area contributed by atoms with Crippen molar-refractivity contribution in [1.29, 1.82) is 0 Å². The van der Waals surface area contributed by atoms with Crippen molar-refractivity contribution in [2.24, 2.45) is 0 Å². The lowest BCUT2D eigenvalue weighted by Crippen LogP contribution is -2.46. The van der Waals surface area contributed by atoms with Gasteiger partial charge < -0.3 is 9.80 Å². The molecule has 0 N–H and O–H groups in total. The van der Waals surface area contributed by atoms with Crippen molar-refractivity contribution >= 4 is 38.2 Å². The topological polar surface area (TPSA) is 45.2 Å². The van der Waals surface area contributed by atoms with Crippen LogP contribution in [0.25, 0.3) is 0 Å². The average Bonchev–Trinajstić information content (AvgIpc) is 3.26. The van der Waals surface area contributed by atoms with E-state index in [-0.39, 0.29) is 0 Å². The second-order valence-corrected chi connectivity index (χ2v) is 7.41. The minimum atomic E-state index is 0.699. The van der Waals surface area contributed by atoms with Gasteiger partial charge in [0.2, 0.25) is 5.13 Å². The first-order valence-corrected chi connectivity index (χ1v) is 8.85. The van der Waals surface area contributed by atoms with Crippen LogP contribution >= 0.6 is 27.3 Å². The molecular weight excluding hydrogens is 350 g/mol. The molecule has 2 aromatic rings. The number of rotatable bonds is 3. The molecule has 2 aliphatic rings. The molecule has 0 bridgehead atoms. The lowest BCUT2D eigenvalue weighted by Gasteiger charge is -2.35. The van der Waals surface area contributed by atoms with Gasteiger partial charge >= 0.3 is 0 Å². The summed E-state index contributed by atoms with van der Waals surface area (Å²) in [5, 5.41) is 11.0. The van der Waals surface area contributed by atoms with Gasteiger partial charge in [-0.05, 0) is 40.9 Å². The monoisotopic (exact) mass is 365 g/mol. The van der Waals surface area contributed by atoms with E-state index in [1.54, 1.807) is 11.3 Å².